The number of nitrogens with one attached hydrogen (secondary N) is 1. The molecule has 1 N–H and O–H groups in total. The number of benzene rings is 2. The fraction of sp³-hybridized carbons (Fsp3) is 0.227. The summed E-state index contributed by atoms with van der Waals surface area (Å²) in [6.45, 7) is 2.62. The van der Waals surface area contributed by atoms with Crippen molar-refractivity contribution in [1.82, 2.24) is 9.97 Å². The third-order valence-corrected chi connectivity index (χ3v) is 4.91. The number of carbonyl (C=O) groups is 1. The first kappa shape index (κ1) is 18.0. The van der Waals surface area contributed by atoms with Gasteiger partial charge in [-0.25, -0.2) is 9.97 Å². The van der Waals surface area contributed by atoms with E-state index in [0.29, 0.717) is 18.2 Å². The van der Waals surface area contributed by atoms with Gasteiger partial charge in [0.2, 0.25) is 5.95 Å². The molecule has 2 aromatic carbocycles. The number of fused-ring (bicyclic) bond motifs is 1. The molecule has 1 unspecified atom stereocenters. The molecule has 6 nitrogen and oxygen atoms in total. The molecule has 1 aliphatic rings. The smallest absolute Gasteiger partial charge is 0.277 e. The van der Waals surface area contributed by atoms with Crippen LogP contribution >= 0.6 is 0 Å². The van der Waals surface area contributed by atoms with Crippen LogP contribution in [0, 0.1) is 0 Å². The van der Waals surface area contributed by atoms with Gasteiger partial charge in [-0.15, -0.1) is 0 Å². The first-order valence-electron chi connectivity index (χ1n) is 9.27. The molecule has 0 saturated heterocycles. The molecule has 0 saturated carbocycles. The molecule has 0 bridgehead atoms. The number of methoxy groups -OCH3 is 1. The number of ether oxygens (including phenoxy) is 1. The van der Waals surface area contributed by atoms with Crippen molar-refractivity contribution in [1.29, 1.82) is 0 Å². The Kier molecular flexibility index (Phi) is 4.93. The predicted octanol–water partition coefficient (Wildman–Crippen LogP) is 3.69. The molecule has 28 heavy (non-hydrogen) atoms. The summed E-state index contributed by atoms with van der Waals surface area (Å²) < 4.78 is 5.17. The standard InChI is InChI=1S/C22H22N4O2/c1-15-13-17-5-3-4-6-20(17)26(15)21(27)19-11-12-23-22(25-19)24-14-16-7-9-18(28-2)10-8-16/h3-12,15H,13-14H2,1-2H3,(H,23,24,25). The molecule has 1 aliphatic heterocycles. The van der Waals surface area contributed by atoms with Crippen LogP contribution in [0.15, 0.2) is 60.8 Å². The van der Waals surface area contributed by atoms with Crippen molar-refractivity contribution in [2.45, 2.75) is 25.9 Å². The van der Waals surface area contributed by atoms with Gasteiger partial charge >= 0.3 is 0 Å². The maximum Gasteiger partial charge on any atom is 0.277 e. The van der Waals surface area contributed by atoms with E-state index >= 15 is 0 Å². The van der Waals surface area contributed by atoms with Crippen LogP contribution in [0.5, 0.6) is 5.75 Å². The van der Waals surface area contributed by atoms with Crippen molar-refractivity contribution in [3.05, 3.63) is 77.6 Å². The second kappa shape index (κ2) is 7.68. The highest BCUT2D eigenvalue weighted by Crippen LogP contribution is 2.32. The van der Waals surface area contributed by atoms with E-state index in [1.54, 1.807) is 19.4 Å². The number of aromatic nitrogens is 2. The number of nitrogens with zero attached hydrogens (tertiary/aromatic N) is 3. The second-order valence-corrected chi connectivity index (χ2v) is 6.82. The van der Waals surface area contributed by atoms with Gasteiger partial charge in [-0.2, -0.15) is 0 Å². The average Bonchev–Trinajstić information content (AvgIpc) is 3.08. The maximum absolute atomic E-state index is 13.1. The Morgan fingerprint density at radius 1 is 1.18 bits per heavy atom. The molecule has 0 spiro atoms. The maximum atomic E-state index is 13.1. The van der Waals surface area contributed by atoms with E-state index in [2.05, 4.69) is 28.3 Å². The molecule has 0 aliphatic carbocycles. The van der Waals surface area contributed by atoms with E-state index in [1.165, 1.54) is 5.56 Å². The summed E-state index contributed by atoms with van der Waals surface area (Å²) in [5.74, 6) is 1.14. The normalized spacial score (nSPS) is 15.2. The highest BCUT2D eigenvalue weighted by Gasteiger charge is 2.31. The summed E-state index contributed by atoms with van der Waals surface area (Å²) in [5, 5.41) is 3.18. The number of hydrogen-bond donors (Lipinski definition) is 1. The summed E-state index contributed by atoms with van der Waals surface area (Å²) in [5.41, 5.74) is 3.61. The Labute approximate surface area is 164 Å². The minimum atomic E-state index is -0.104. The monoisotopic (exact) mass is 374 g/mol. The zero-order chi connectivity index (χ0) is 19.5. The van der Waals surface area contributed by atoms with Gasteiger partial charge in [0.15, 0.2) is 0 Å². The van der Waals surface area contributed by atoms with Crippen LogP contribution in [0.4, 0.5) is 11.6 Å². The molecule has 0 fully saturated rings. The van der Waals surface area contributed by atoms with E-state index in [1.807, 2.05) is 47.4 Å². The third-order valence-electron chi connectivity index (χ3n) is 4.91. The number of carbonyl (C=O) groups excluding carboxylic acids is 1. The van der Waals surface area contributed by atoms with E-state index in [4.69, 9.17) is 4.74 Å². The molecule has 142 valence electrons. The van der Waals surface area contributed by atoms with Gasteiger partial charge in [0.05, 0.1) is 7.11 Å². The minimum absolute atomic E-state index is 0.104. The summed E-state index contributed by atoms with van der Waals surface area (Å²) in [7, 11) is 1.64. The van der Waals surface area contributed by atoms with Crippen molar-refractivity contribution in [2.75, 3.05) is 17.3 Å². The Hall–Kier alpha value is -3.41. The molecule has 6 heteroatoms. The Morgan fingerprint density at radius 3 is 2.75 bits per heavy atom. The summed E-state index contributed by atoms with van der Waals surface area (Å²) in [4.78, 5) is 23.6. The van der Waals surface area contributed by atoms with Gasteiger partial charge in [-0.3, -0.25) is 4.79 Å². The largest absolute Gasteiger partial charge is 0.497 e. The third kappa shape index (κ3) is 3.53. The van der Waals surface area contributed by atoms with Gasteiger partial charge in [0, 0.05) is 24.5 Å². The highest BCUT2D eigenvalue weighted by molar-refractivity contribution is 6.06. The summed E-state index contributed by atoms with van der Waals surface area (Å²) in [6, 6.07) is 17.6. The van der Waals surface area contributed by atoms with Crippen molar-refractivity contribution < 1.29 is 9.53 Å². The van der Waals surface area contributed by atoms with Crippen molar-refractivity contribution >= 4 is 17.5 Å². The zero-order valence-electron chi connectivity index (χ0n) is 15.9. The molecule has 0 radical (unpaired) electrons. The lowest BCUT2D eigenvalue weighted by molar-refractivity contribution is 0.0976. The lowest BCUT2D eigenvalue weighted by Gasteiger charge is -2.22. The predicted molar refractivity (Wildman–Crippen MR) is 109 cm³/mol. The van der Waals surface area contributed by atoms with Crippen molar-refractivity contribution in [3.8, 4) is 5.75 Å². The molecular weight excluding hydrogens is 352 g/mol. The van der Waals surface area contributed by atoms with Crippen LogP contribution in [0.3, 0.4) is 0 Å². The van der Waals surface area contributed by atoms with Crippen molar-refractivity contribution in [2.24, 2.45) is 0 Å². The van der Waals surface area contributed by atoms with Gasteiger partial charge in [-0.05, 0) is 48.7 Å². The number of para-hydroxylation sites is 1. The van der Waals surface area contributed by atoms with Crippen LogP contribution in [0.2, 0.25) is 0 Å². The highest BCUT2D eigenvalue weighted by atomic mass is 16.5. The lowest BCUT2D eigenvalue weighted by Crippen LogP contribution is -2.36. The Balaban J connectivity index is 1.49. The van der Waals surface area contributed by atoms with Crippen LogP contribution in [-0.4, -0.2) is 29.0 Å². The molecule has 4 rings (SSSR count). The average molecular weight is 374 g/mol. The van der Waals surface area contributed by atoms with Crippen LogP contribution in [0.1, 0.15) is 28.5 Å². The van der Waals surface area contributed by atoms with Crippen LogP contribution in [0.25, 0.3) is 0 Å². The first-order valence-corrected chi connectivity index (χ1v) is 9.27. The second-order valence-electron chi connectivity index (χ2n) is 6.82. The summed E-state index contributed by atoms with van der Waals surface area (Å²) in [6.07, 6.45) is 2.47. The van der Waals surface area contributed by atoms with E-state index in [0.717, 1.165) is 23.4 Å². The van der Waals surface area contributed by atoms with Crippen molar-refractivity contribution in [3.63, 3.8) is 0 Å². The number of rotatable bonds is 5. The number of anilines is 2. The van der Waals surface area contributed by atoms with E-state index in [9.17, 15) is 4.79 Å². The topological polar surface area (TPSA) is 67.3 Å². The van der Waals surface area contributed by atoms with Crippen LogP contribution < -0.4 is 15.0 Å². The van der Waals surface area contributed by atoms with Gasteiger partial charge < -0.3 is 15.0 Å². The Morgan fingerprint density at radius 2 is 1.96 bits per heavy atom. The van der Waals surface area contributed by atoms with E-state index < -0.39 is 0 Å². The molecule has 1 atom stereocenters. The fourth-order valence-electron chi connectivity index (χ4n) is 3.49. The van der Waals surface area contributed by atoms with Gasteiger partial charge in [0.25, 0.3) is 5.91 Å². The molecule has 3 aromatic rings. The van der Waals surface area contributed by atoms with E-state index in [-0.39, 0.29) is 11.9 Å². The Bertz CT molecular complexity index is 988. The lowest BCUT2D eigenvalue weighted by atomic mass is 10.1. The number of hydrogen-bond acceptors (Lipinski definition) is 5. The van der Waals surface area contributed by atoms with Gasteiger partial charge in [0.1, 0.15) is 11.4 Å². The SMILES string of the molecule is COc1ccc(CNc2nccc(C(=O)N3c4ccccc4CC3C)n2)cc1. The zero-order valence-corrected chi connectivity index (χ0v) is 15.9. The minimum Gasteiger partial charge on any atom is -0.497 e. The molecular formula is C22H22N4O2. The first-order chi connectivity index (χ1) is 13.7. The molecule has 1 aromatic heterocycles. The molecule has 1 amide bonds. The summed E-state index contributed by atoms with van der Waals surface area (Å²) >= 11 is 0. The fourth-order valence-corrected chi connectivity index (χ4v) is 3.49. The quantitative estimate of drug-likeness (QED) is 0.738. The molecule has 2 heterocycles. The number of amides is 1. The van der Waals surface area contributed by atoms with Gasteiger partial charge in [-0.1, -0.05) is 30.3 Å². The van der Waals surface area contributed by atoms with Crippen LogP contribution in [-0.2, 0) is 13.0 Å².